The smallest absolute Gasteiger partial charge is 0.193 e. The van der Waals surface area contributed by atoms with Gasteiger partial charge in [-0.25, -0.2) is 0 Å². The van der Waals surface area contributed by atoms with E-state index >= 15 is 0 Å². The first-order chi connectivity index (χ1) is 10.7. The van der Waals surface area contributed by atoms with Gasteiger partial charge in [0.15, 0.2) is 5.96 Å². The maximum Gasteiger partial charge on any atom is 0.193 e. The molecule has 0 radical (unpaired) electrons. The molecule has 2 aromatic rings. The normalized spacial score (nSPS) is 10.8. The second kappa shape index (κ2) is 10.1. The summed E-state index contributed by atoms with van der Waals surface area (Å²) in [5.41, 5.74) is 9.36. The first-order valence-electron chi connectivity index (χ1n) is 7.50. The molecule has 2 aromatic carbocycles. The summed E-state index contributed by atoms with van der Waals surface area (Å²) < 4.78 is 5.27. The van der Waals surface area contributed by atoms with Crippen molar-refractivity contribution in [2.75, 3.05) is 19.0 Å². The Kier molecular flexibility index (Phi) is 8.47. The zero-order valence-corrected chi connectivity index (χ0v) is 15.9. The maximum atomic E-state index is 5.92. The first-order valence-corrected chi connectivity index (χ1v) is 7.50. The number of methoxy groups -OCH3 is 1. The minimum absolute atomic E-state index is 0. The van der Waals surface area contributed by atoms with E-state index in [2.05, 4.69) is 41.5 Å². The van der Waals surface area contributed by atoms with Crippen LogP contribution in [0.4, 0.5) is 5.69 Å². The second-order valence-corrected chi connectivity index (χ2v) is 5.01. The lowest BCUT2D eigenvalue weighted by atomic mass is 10.1. The zero-order valence-electron chi connectivity index (χ0n) is 13.6. The Hall–Kier alpha value is -1.76. The Labute approximate surface area is 155 Å². The third-order valence-corrected chi connectivity index (χ3v) is 3.48. The van der Waals surface area contributed by atoms with Gasteiger partial charge in [0.2, 0.25) is 0 Å². The molecule has 0 aliphatic carbocycles. The fourth-order valence-electron chi connectivity index (χ4n) is 2.17. The lowest BCUT2D eigenvalue weighted by Crippen LogP contribution is -2.23. The van der Waals surface area contributed by atoms with Crippen LogP contribution in [0, 0.1) is 0 Å². The van der Waals surface area contributed by atoms with Crippen molar-refractivity contribution in [3.8, 4) is 5.75 Å². The van der Waals surface area contributed by atoms with Gasteiger partial charge >= 0.3 is 0 Å². The van der Waals surface area contributed by atoms with Crippen molar-refractivity contribution in [1.29, 1.82) is 0 Å². The number of ether oxygens (including phenoxy) is 1. The molecule has 23 heavy (non-hydrogen) atoms. The molecule has 0 aromatic heterocycles. The molecule has 0 spiro atoms. The number of nitrogens with two attached hydrogens (primary N) is 1. The molecule has 0 heterocycles. The third kappa shape index (κ3) is 6.09. The summed E-state index contributed by atoms with van der Waals surface area (Å²) in [4.78, 5) is 4.36. The molecule has 4 nitrogen and oxygen atoms in total. The number of guanidine groups is 1. The number of benzene rings is 2. The van der Waals surface area contributed by atoms with Crippen molar-refractivity contribution in [2.45, 2.75) is 19.8 Å². The number of para-hydroxylation sites is 2. The number of aryl methyl sites for hydroxylation is 1. The van der Waals surface area contributed by atoms with Gasteiger partial charge in [0.1, 0.15) is 5.75 Å². The number of nitrogens with zero attached hydrogens (tertiary/aromatic N) is 1. The first kappa shape index (κ1) is 19.3. The highest BCUT2D eigenvalue weighted by atomic mass is 127. The largest absolute Gasteiger partial charge is 0.495 e. The number of anilines is 1. The Morgan fingerprint density at radius 1 is 1.09 bits per heavy atom. The fraction of sp³-hybridized carbons (Fsp3) is 0.278. The van der Waals surface area contributed by atoms with E-state index in [1.807, 2.05) is 24.3 Å². The van der Waals surface area contributed by atoms with Gasteiger partial charge in [-0.15, -0.1) is 24.0 Å². The number of rotatable bonds is 6. The summed E-state index contributed by atoms with van der Waals surface area (Å²) in [5.74, 6) is 1.14. The molecular weight excluding hydrogens is 401 g/mol. The fourth-order valence-corrected chi connectivity index (χ4v) is 2.17. The molecular formula is C18H24IN3O. The van der Waals surface area contributed by atoms with Gasteiger partial charge in [0.05, 0.1) is 12.8 Å². The van der Waals surface area contributed by atoms with Crippen LogP contribution < -0.4 is 15.8 Å². The average Bonchev–Trinajstić information content (AvgIpc) is 2.56. The van der Waals surface area contributed by atoms with E-state index in [0.717, 1.165) is 24.3 Å². The summed E-state index contributed by atoms with van der Waals surface area (Å²) >= 11 is 0. The van der Waals surface area contributed by atoms with E-state index < -0.39 is 0 Å². The monoisotopic (exact) mass is 425 g/mol. The molecule has 0 aliphatic rings. The minimum Gasteiger partial charge on any atom is -0.495 e. The Bertz CT molecular complexity index is 626. The van der Waals surface area contributed by atoms with Gasteiger partial charge in [0.25, 0.3) is 0 Å². The molecule has 2 rings (SSSR count). The lowest BCUT2D eigenvalue weighted by Gasteiger charge is -2.10. The van der Waals surface area contributed by atoms with Crippen molar-refractivity contribution in [3.63, 3.8) is 0 Å². The maximum absolute atomic E-state index is 5.92. The van der Waals surface area contributed by atoms with Crippen LogP contribution in [0.3, 0.4) is 0 Å². The van der Waals surface area contributed by atoms with Gasteiger partial charge in [-0.1, -0.05) is 43.3 Å². The van der Waals surface area contributed by atoms with Crippen LogP contribution in [0.2, 0.25) is 0 Å². The van der Waals surface area contributed by atoms with Crippen LogP contribution >= 0.6 is 24.0 Å². The molecule has 124 valence electrons. The Balaban J connectivity index is 0.00000264. The Morgan fingerprint density at radius 3 is 2.39 bits per heavy atom. The van der Waals surface area contributed by atoms with Crippen LogP contribution in [0.5, 0.6) is 5.75 Å². The molecule has 5 heteroatoms. The summed E-state index contributed by atoms with van der Waals surface area (Å²) in [5, 5.41) is 3.07. The van der Waals surface area contributed by atoms with Gasteiger partial charge in [-0.2, -0.15) is 0 Å². The molecule has 0 bridgehead atoms. The summed E-state index contributed by atoms with van der Waals surface area (Å²) in [6.45, 7) is 2.81. The summed E-state index contributed by atoms with van der Waals surface area (Å²) in [6, 6.07) is 16.3. The molecule has 0 atom stereocenters. The van der Waals surface area contributed by atoms with Gasteiger partial charge in [-0.05, 0) is 36.1 Å². The topological polar surface area (TPSA) is 59.6 Å². The molecule has 0 unspecified atom stereocenters. The standard InChI is InChI=1S/C18H23N3O.HI/c1-3-14-8-10-15(11-9-14)12-13-20-18(19)21-16-6-4-5-7-17(16)22-2;/h4-11H,3,12-13H2,1-2H3,(H3,19,20,21);1H. The SMILES string of the molecule is CCc1ccc(CCN=C(N)Nc2ccccc2OC)cc1.I. The quantitative estimate of drug-likeness (QED) is 0.420. The van der Waals surface area contributed by atoms with Crippen LogP contribution in [0.1, 0.15) is 18.1 Å². The molecule has 0 saturated heterocycles. The second-order valence-electron chi connectivity index (χ2n) is 5.01. The molecule has 3 N–H and O–H groups in total. The third-order valence-electron chi connectivity index (χ3n) is 3.48. The van der Waals surface area contributed by atoms with E-state index in [0.29, 0.717) is 12.5 Å². The van der Waals surface area contributed by atoms with Gasteiger partial charge < -0.3 is 15.8 Å². The van der Waals surface area contributed by atoms with Crippen molar-refractivity contribution < 1.29 is 4.74 Å². The van der Waals surface area contributed by atoms with Gasteiger partial charge in [-0.3, -0.25) is 4.99 Å². The van der Waals surface area contributed by atoms with Crippen molar-refractivity contribution >= 4 is 35.6 Å². The number of halogens is 1. The Morgan fingerprint density at radius 2 is 1.74 bits per heavy atom. The van der Waals surface area contributed by atoms with Crippen LogP contribution in [0.15, 0.2) is 53.5 Å². The van der Waals surface area contributed by atoms with Gasteiger partial charge in [0, 0.05) is 6.54 Å². The van der Waals surface area contributed by atoms with Crippen molar-refractivity contribution in [2.24, 2.45) is 10.7 Å². The summed E-state index contributed by atoms with van der Waals surface area (Å²) in [6.07, 6.45) is 1.94. The van der Waals surface area contributed by atoms with Crippen molar-refractivity contribution in [1.82, 2.24) is 0 Å². The summed E-state index contributed by atoms with van der Waals surface area (Å²) in [7, 11) is 1.63. The van der Waals surface area contributed by atoms with E-state index in [1.54, 1.807) is 7.11 Å². The van der Waals surface area contributed by atoms with Crippen LogP contribution in [0.25, 0.3) is 0 Å². The van der Waals surface area contributed by atoms with E-state index in [4.69, 9.17) is 10.5 Å². The number of nitrogens with one attached hydrogen (secondary N) is 1. The molecule has 0 fully saturated rings. The molecule has 0 saturated carbocycles. The number of hydrogen-bond donors (Lipinski definition) is 2. The lowest BCUT2D eigenvalue weighted by molar-refractivity contribution is 0.417. The average molecular weight is 425 g/mol. The zero-order chi connectivity index (χ0) is 15.8. The highest BCUT2D eigenvalue weighted by molar-refractivity contribution is 14.0. The molecule has 0 amide bonds. The predicted octanol–water partition coefficient (Wildman–Crippen LogP) is 3.84. The van der Waals surface area contributed by atoms with Crippen molar-refractivity contribution in [3.05, 3.63) is 59.7 Å². The van der Waals surface area contributed by atoms with E-state index in [9.17, 15) is 0 Å². The number of aliphatic imine (C=N–C) groups is 1. The highest BCUT2D eigenvalue weighted by Crippen LogP contribution is 2.22. The van der Waals surface area contributed by atoms with Crippen LogP contribution in [-0.4, -0.2) is 19.6 Å². The highest BCUT2D eigenvalue weighted by Gasteiger charge is 2.02. The molecule has 0 aliphatic heterocycles. The predicted molar refractivity (Wildman–Crippen MR) is 108 cm³/mol. The van der Waals surface area contributed by atoms with Crippen LogP contribution in [-0.2, 0) is 12.8 Å². The minimum atomic E-state index is 0. The van der Waals surface area contributed by atoms with E-state index in [1.165, 1.54) is 11.1 Å². The van der Waals surface area contributed by atoms with E-state index in [-0.39, 0.29) is 24.0 Å². The number of hydrogen-bond acceptors (Lipinski definition) is 2.